The van der Waals surface area contributed by atoms with Gasteiger partial charge in [-0.05, 0) is 42.8 Å². The molecule has 2 N–H and O–H groups in total. The van der Waals surface area contributed by atoms with Crippen LogP contribution < -0.4 is 0 Å². The van der Waals surface area contributed by atoms with E-state index in [0.717, 1.165) is 17.3 Å². The third-order valence-corrected chi connectivity index (χ3v) is 4.44. The number of amides is 1. The number of piperidine rings is 1. The molecule has 0 aliphatic carbocycles. The Kier molecular flexibility index (Phi) is 3.26. The van der Waals surface area contributed by atoms with Crippen LogP contribution in [0.2, 0.25) is 0 Å². The molecule has 2 aromatic rings. The molecule has 1 aromatic heterocycles. The van der Waals surface area contributed by atoms with Gasteiger partial charge in [0.1, 0.15) is 0 Å². The summed E-state index contributed by atoms with van der Waals surface area (Å²) in [5.74, 6) is 0.0552. The lowest BCUT2D eigenvalue weighted by atomic mass is 9.89. The molecule has 3 rings (SSSR count). The van der Waals surface area contributed by atoms with E-state index in [9.17, 15) is 9.90 Å². The van der Waals surface area contributed by atoms with Gasteiger partial charge in [0.15, 0.2) is 0 Å². The molecule has 0 unspecified atom stereocenters. The standard InChI is InChI=1S/C16H20N2O2/c1-2-16(20)6-9-18(10-7-16)15(19)13-4-3-12-5-8-17-14(12)11-13/h3-5,8,11,17,20H,2,6-7,9-10H2,1H3. The number of likely N-dealkylation sites (tertiary alicyclic amines) is 1. The first-order chi connectivity index (χ1) is 9.61. The number of rotatable bonds is 2. The predicted molar refractivity (Wildman–Crippen MR) is 78.7 cm³/mol. The molecule has 106 valence electrons. The minimum atomic E-state index is -0.583. The van der Waals surface area contributed by atoms with Gasteiger partial charge in [-0.1, -0.05) is 13.0 Å². The first-order valence-electron chi connectivity index (χ1n) is 7.20. The number of hydrogen-bond acceptors (Lipinski definition) is 2. The lowest BCUT2D eigenvalue weighted by Crippen LogP contribution is -2.46. The smallest absolute Gasteiger partial charge is 0.253 e. The summed E-state index contributed by atoms with van der Waals surface area (Å²) in [6.45, 7) is 3.26. The maximum atomic E-state index is 12.5. The number of H-pyrrole nitrogens is 1. The molecule has 1 aliphatic heterocycles. The van der Waals surface area contributed by atoms with E-state index >= 15 is 0 Å². The average molecular weight is 272 g/mol. The minimum absolute atomic E-state index is 0.0552. The number of fused-ring (bicyclic) bond motifs is 1. The molecule has 20 heavy (non-hydrogen) atoms. The third kappa shape index (κ3) is 2.31. The molecule has 0 radical (unpaired) electrons. The van der Waals surface area contributed by atoms with Crippen molar-refractivity contribution in [2.45, 2.75) is 31.8 Å². The lowest BCUT2D eigenvalue weighted by molar-refractivity contribution is -0.0193. The van der Waals surface area contributed by atoms with Crippen molar-refractivity contribution in [2.75, 3.05) is 13.1 Å². The Morgan fingerprint density at radius 3 is 2.80 bits per heavy atom. The van der Waals surface area contributed by atoms with Crippen molar-refractivity contribution in [1.29, 1.82) is 0 Å². The van der Waals surface area contributed by atoms with Gasteiger partial charge >= 0.3 is 0 Å². The van der Waals surface area contributed by atoms with Gasteiger partial charge in [0.05, 0.1) is 5.60 Å². The molecule has 0 bridgehead atoms. The molecule has 4 nitrogen and oxygen atoms in total. The van der Waals surface area contributed by atoms with Crippen LogP contribution in [-0.4, -0.2) is 39.6 Å². The number of aromatic amines is 1. The van der Waals surface area contributed by atoms with Crippen LogP contribution in [0, 0.1) is 0 Å². The molecule has 1 aliphatic rings. The second-order valence-electron chi connectivity index (χ2n) is 5.65. The molecule has 0 saturated carbocycles. The highest BCUT2D eigenvalue weighted by Gasteiger charge is 2.32. The molecular weight excluding hydrogens is 252 g/mol. The highest BCUT2D eigenvalue weighted by molar-refractivity contribution is 5.98. The number of aliphatic hydroxyl groups is 1. The lowest BCUT2D eigenvalue weighted by Gasteiger charge is -2.37. The van der Waals surface area contributed by atoms with E-state index in [1.807, 2.05) is 42.3 Å². The van der Waals surface area contributed by atoms with Crippen LogP contribution in [0.4, 0.5) is 0 Å². The van der Waals surface area contributed by atoms with Crippen LogP contribution >= 0.6 is 0 Å². The molecular formula is C16H20N2O2. The number of nitrogens with zero attached hydrogens (tertiary/aromatic N) is 1. The Bertz CT molecular complexity index is 624. The van der Waals surface area contributed by atoms with E-state index in [1.165, 1.54) is 0 Å². The van der Waals surface area contributed by atoms with Crippen molar-refractivity contribution in [3.8, 4) is 0 Å². The van der Waals surface area contributed by atoms with E-state index in [1.54, 1.807) is 0 Å². The van der Waals surface area contributed by atoms with Crippen molar-refractivity contribution in [3.05, 3.63) is 36.0 Å². The van der Waals surface area contributed by atoms with E-state index in [4.69, 9.17) is 0 Å². The topological polar surface area (TPSA) is 56.3 Å². The van der Waals surface area contributed by atoms with Gasteiger partial charge in [0, 0.05) is 30.4 Å². The van der Waals surface area contributed by atoms with Gasteiger partial charge in [0.25, 0.3) is 5.91 Å². The van der Waals surface area contributed by atoms with Crippen molar-refractivity contribution in [1.82, 2.24) is 9.88 Å². The molecule has 2 heterocycles. The number of nitrogens with one attached hydrogen (secondary N) is 1. The monoisotopic (exact) mass is 272 g/mol. The van der Waals surface area contributed by atoms with Gasteiger partial charge in [-0.3, -0.25) is 4.79 Å². The summed E-state index contributed by atoms with van der Waals surface area (Å²) in [6, 6.07) is 7.73. The van der Waals surface area contributed by atoms with Crippen LogP contribution in [0.15, 0.2) is 30.5 Å². The fourth-order valence-corrected chi connectivity index (χ4v) is 2.84. The summed E-state index contributed by atoms with van der Waals surface area (Å²) < 4.78 is 0. The van der Waals surface area contributed by atoms with E-state index < -0.39 is 5.60 Å². The average Bonchev–Trinajstić information content (AvgIpc) is 2.94. The first-order valence-corrected chi connectivity index (χ1v) is 7.20. The molecule has 1 fully saturated rings. The van der Waals surface area contributed by atoms with Gasteiger partial charge in [0.2, 0.25) is 0 Å². The van der Waals surface area contributed by atoms with Gasteiger partial charge in [-0.25, -0.2) is 0 Å². The molecule has 0 spiro atoms. The second kappa shape index (κ2) is 4.94. The third-order valence-electron chi connectivity index (χ3n) is 4.44. The Morgan fingerprint density at radius 2 is 2.10 bits per heavy atom. The highest BCUT2D eigenvalue weighted by Crippen LogP contribution is 2.26. The number of hydrogen-bond donors (Lipinski definition) is 2. The van der Waals surface area contributed by atoms with Crippen LogP contribution in [0.1, 0.15) is 36.5 Å². The van der Waals surface area contributed by atoms with Crippen molar-refractivity contribution >= 4 is 16.8 Å². The number of carbonyl (C=O) groups excluding carboxylic acids is 1. The van der Waals surface area contributed by atoms with Gasteiger partial charge < -0.3 is 15.0 Å². The summed E-state index contributed by atoms with van der Waals surface area (Å²) >= 11 is 0. The van der Waals surface area contributed by atoms with Crippen LogP contribution in [0.25, 0.3) is 10.9 Å². The van der Waals surface area contributed by atoms with Crippen LogP contribution in [-0.2, 0) is 0 Å². The van der Waals surface area contributed by atoms with E-state index in [0.29, 0.717) is 31.5 Å². The van der Waals surface area contributed by atoms with Crippen molar-refractivity contribution in [3.63, 3.8) is 0 Å². The fraction of sp³-hybridized carbons (Fsp3) is 0.438. The molecule has 1 saturated heterocycles. The Balaban J connectivity index is 1.76. The molecule has 4 heteroatoms. The summed E-state index contributed by atoms with van der Waals surface area (Å²) in [5, 5.41) is 11.3. The van der Waals surface area contributed by atoms with Gasteiger partial charge in [-0.2, -0.15) is 0 Å². The summed E-state index contributed by atoms with van der Waals surface area (Å²) in [6.07, 6.45) is 3.96. The first kappa shape index (κ1) is 13.2. The fourth-order valence-electron chi connectivity index (χ4n) is 2.84. The van der Waals surface area contributed by atoms with Crippen LogP contribution in [0.3, 0.4) is 0 Å². The Morgan fingerprint density at radius 1 is 1.35 bits per heavy atom. The zero-order valence-corrected chi connectivity index (χ0v) is 11.7. The SMILES string of the molecule is CCC1(O)CCN(C(=O)c2ccc3cc[nH]c3c2)CC1. The molecule has 0 atom stereocenters. The normalized spacial score (nSPS) is 18.4. The quantitative estimate of drug-likeness (QED) is 0.882. The Hall–Kier alpha value is -1.81. The summed E-state index contributed by atoms with van der Waals surface area (Å²) in [7, 11) is 0. The zero-order valence-electron chi connectivity index (χ0n) is 11.7. The molecule has 1 amide bonds. The summed E-state index contributed by atoms with van der Waals surface area (Å²) in [5.41, 5.74) is 1.11. The van der Waals surface area contributed by atoms with E-state index in [2.05, 4.69) is 4.98 Å². The maximum absolute atomic E-state index is 12.5. The second-order valence-corrected chi connectivity index (χ2v) is 5.65. The number of benzene rings is 1. The van der Waals surface area contributed by atoms with Crippen molar-refractivity contribution < 1.29 is 9.90 Å². The molecule has 1 aromatic carbocycles. The predicted octanol–water partition coefficient (Wildman–Crippen LogP) is 2.55. The maximum Gasteiger partial charge on any atom is 0.253 e. The number of aromatic nitrogens is 1. The largest absolute Gasteiger partial charge is 0.390 e. The summed E-state index contributed by atoms with van der Waals surface area (Å²) in [4.78, 5) is 17.5. The van der Waals surface area contributed by atoms with Crippen molar-refractivity contribution in [2.24, 2.45) is 0 Å². The van der Waals surface area contributed by atoms with Crippen LogP contribution in [0.5, 0.6) is 0 Å². The van der Waals surface area contributed by atoms with E-state index in [-0.39, 0.29) is 5.91 Å². The zero-order chi connectivity index (χ0) is 14.2. The highest BCUT2D eigenvalue weighted by atomic mass is 16.3. The number of carbonyl (C=O) groups is 1. The van der Waals surface area contributed by atoms with Gasteiger partial charge in [-0.15, -0.1) is 0 Å². The Labute approximate surface area is 118 Å². The minimum Gasteiger partial charge on any atom is -0.390 e.